The van der Waals surface area contributed by atoms with Crippen LogP contribution in [0.1, 0.15) is 0 Å². The first kappa shape index (κ1) is 22.6. The molecule has 1 N–H and O–H groups in total. The normalized spacial score (nSPS) is 10.5. The number of ether oxygens (including phenoxy) is 4. The van der Waals surface area contributed by atoms with E-state index in [1.807, 2.05) is 0 Å². The molecule has 1 heterocycles. The molecule has 0 fully saturated rings. The number of benzene rings is 2. The maximum Gasteiger partial charge on any atom is 0.277 e. The second-order valence-corrected chi connectivity index (χ2v) is 7.33. The lowest BCUT2D eigenvalue weighted by molar-refractivity contribution is -0.113. The van der Waals surface area contributed by atoms with Gasteiger partial charge in [0, 0.05) is 10.6 Å². The van der Waals surface area contributed by atoms with Crippen LogP contribution < -0.4 is 24.3 Å². The van der Waals surface area contributed by atoms with E-state index in [0.29, 0.717) is 39.3 Å². The van der Waals surface area contributed by atoms with Crippen molar-refractivity contribution in [3.8, 4) is 34.5 Å². The summed E-state index contributed by atoms with van der Waals surface area (Å²) in [6.07, 6.45) is 0. The average Bonchev–Trinajstić information content (AvgIpc) is 3.26. The summed E-state index contributed by atoms with van der Waals surface area (Å²) in [6, 6.07) is 8.35. The number of halogens is 1. The van der Waals surface area contributed by atoms with Crippen molar-refractivity contribution >= 4 is 35.0 Å². The monoisotopic (exact) mass is 465 g/mol. The summed E-state index contributed by atoms with van der Waals surface area (Å²) >= 11 is 7.08. The smallest absolute Gasteiger partial charge is 0.277 e. The summed E-state index contributed by atoms with van der Waals surface area (Å²) < 4.78 is 26.9. The fourth-order valence-corrected chi connectivity index (χ4v) is 3.42. The van der Waals surface area contributed by atoms with Crippen molar-refractivity contribution in [1.29, 1.82) is 0 Å². The highest BCUT2D eigenvalue weighted by atomic mass is 35.5. The number of amides is 1. The largest absolute Gasteiger partial charge is 0.495 e. The van der Waals surface area contributed by atoms with Crippen molar-refractivity contribution in [2.24, 2.45) is 0 Å². The number of aromatic nitrogens is 2. The number of rotatable bonds is 9. The maximum atomic E-state index is 12.3. The molecule has 0 aliphatic carbocycles. The summed E-state index contributed by atoms with van der Waals surface area (Å²) in [5.41, 5.74) is 1.06. The predicted molar refractivity (Wildman–Crippen MR) is 117 cm³/mol. The van der Waals surface area contributed by atoms with E-state index >= 15 is 0 Å². The summed E-state index contributed by atoms with van der Waals surface area (Å²) in [5, 5.41) is 11.5. The van der Waals surface area contributed by atoms with Crippen LogP contribution in [0.2, 0.25) is 5.02 Å². The Kier molecular flexibility index (Phi) is 7.48. The molecule has 0 saturated carbocycles. The molecule has 0 aliphatic rings. The molecule has 0 radical (unpaired) electrons. The van der Waals surface area contributed by atoms with Gasteiger partial charge in [0.25, 0.3) is 5.22 Å². The van der Waals surface area contributed by atoms with Crippen molar-refractivity contribution in [2.75, 3.05) is 39.5 Å². The number of carbonyl (C=O) groups is 1. The van der Waals surface area contributed by atoms with Crippen molar-refractivity contribution < 1.29 is 28.2 Å². The number of hydrogen-bond donors (Lipinski definition) is 1. The molecule has 1 aromatic heterocycles. The molecule has 164 valence electrons. The quantitative estimate of drug-likeness (QED) is 0.466. The van der Waals surface area contributed by atoms with Gasteiger partial charge in [-0.2, -0.15) is 0 Å². The third kappa shape index (κ3) is 5.33. The van der Waals surface area contributed by atoms with E-state index in [-0.39, 0.29) is 22.8 Å². The van der Waals surface area contributed by atoms with E-state index in [4.69, 9.17) is 35.0 Å². The Balaban J connectivity index is 1.69. The molecular weight excluding hydrogens is 446 g/mol. The second-order valence-electron chi connectivity index (χ2n) is 5.97. The Morgan fingerprint density at radius 1 is 1.00 bits per heavy atom. The van der Waals surface area contributed by atoms with E-state index in [2.05, 4.69) is 15.5 Å². The fourth-order valence-electron chi connectivity index (χ4n) is 2.68. The fraction of sp³-hybridized carbons (Fsp3) is 0.250. The van der Waals surface area contributed by atoms with Crippen molar-refractivity contribution in [3.05, 3.63) is 35.4 Å². The molecule has 0 bridgehead atoms. The minimum Gasteiger partial charge on any atom is -0.495 e. The zero-order chi connectivity index (χ0) is 22.4. The topological polar surface area (TPSA) is 105 Å². The Labute approximate surface area is 188 Å². The Hall–Kier alpha value is -3.11. The van der Waals surface area contributed by atoms with Gasteiger partial charge in [-0.05, 0) is 30.3 Å². The van der Waals surface area contributed by atoms with Gasteiger partial charge < -0.3 is 28.7 Å². The van der Waals surface area contributed by atoms with Gasteiger partial charge in [-0.3, -0.25) is 4.79 Å². The molecule has 3 rings (SSSR count). The second kappa shape index (κ2) is 10.3. The minimum atomic E-state index is -0.280. The highest BCUT2D eigenvalue weighted by molar-refractivity contribution is 7.99. The maximum absolute atomic E-state index is 12.3. The van der Waals surface area contributed by atoms with E-state index < -0.39 is 0 Å². The number of nitrogens with one attached hydrogen (secondary N) is 1. The van der Waals surface area contributed by atoms with Crippen LogP contribution in [0.25, 0.3) is 11.5 Å². The van der Waals surface area contributed by atoms with Gasteiger partial charge in [0.1, 0.15) is 5.75 Å². The van der Waals surface area contributed by atoms with Crippen molar-refractivity contribution in [1.82, 2.24) is 10.2 Å². The molecule has 0 atom stereocenters. The molecule has 0 saturated heterocycles. The molecule has 9 nitrogen and oxygen atoms in total. The molecule has 31 heavy (non-hydrogen) atoms. The summed E-state index contributed by atoms with van der Waals surface area (Å²) in [6.45, 7) is 0. The molecule has 2 aromatic carbocycles. The van der Waals surface area contributed by atoms with Crippen LogP contribution in [0.5, 0.6) is 23.0 Å². The Morgan fingerprint density at radius 3 is 2.29 bits per heavy atom. The number of nitrogens with zero attached hydrogens (tertiary/aromatic N) is 2. The van der Waals surface area contributed by atoms with Crippen molar-refractivity contribution in [2.45, 2.75) is 5.22 Å². The van der Waals surface area contributed by atoms with Gasteiger partial charge in [-0.15, -0.1) is 10.2 Å². The molecule has 1 amide bonds. The van der Waals surface area contributed by atoms with Crippen molar-refractivity contribution in [3.63, 3.8) is 0 Å². The third-order valence-corrected chi connectivity index (χ3v) is 5.13. The van der Waals surface area contributed by atoms with E-state index in [1.165, 1.54) is 28.4 Å². The van der Waals surface area contributed by atoms with E-state index in [1.54, 1.807) is 30.3 Å². The van der Waals surface area contributed by atoms with Gasteiger partial charge in [-0.25, -0.2) is 0 Å². The van der Waals surface area contributed by atoms with Crippen LogP contribution >= 0.6 is 23.4 Å². The van der Waals surface area contributed by atoms with Crippen LogP contribution in [-0.2, 0) is 4.79 Å². The van der Waals surface area contributed by atoms with E-state index in [0.717, 1.165) is 11.8 Å². The first-order valence-electron chi connectivity index (χ1n) is 8.89. The average molecular weight is 466 g/mol. The molecule has 0 aliphatic heterocycles. The first-order chi connectivity index (χ1) is 15.0. The Bertz CT molecular complexity index is 1050. The van der Waals surface area contributed by atoms with Crippen LogP contribution in [0.3, 0.4) is 0 Å². The summed E-state index contributed by atoms with van der Waals surface area (Å²) in [5.74, 6) is 1.89. The molecule has 11 heteroatoms. The Morgan fingerprint density at radius 2 is 1.68 bits per heavy atom. The van der Waals surface area contributed by atoms with Gasteiger partial charge in [0.15, 0.2) is 11.5 Å². The SMILES string of the molecule is COc1ccc(Cl)cc1NC(=O)CSc1nnc(-c2cc(OC)c(OC)c(OC)c2)o1. The number of thioether (sulfide) groups is 1. The number of anilines is 1. The minimum absolute atomic E-state index is 0.0482. The molecular formula is C20H20ClN3O6S. The lowest BCUT2D eigenvalue weighted by Crippen LogP contribution is -2.14. The van der Waals surface area contributed by atoms with Crippen LogP contribution in [0, 0.1) is 0 Å². The van der Waals surface area contributed by atoms with E-state index in [9.17, 15) is 4.79 Å². The standard InChI is InChI=1S/C20H20ClN3O6S/c1-26-14-6-5-12(21)9-13(14)22-17(25)10-31-20-24-23-19(30-20)11-7-15(27-2)18(29-4)16(8-11)28-3/h5-9H,10H2,1-4H3,(H,22,25). The lowest BCUT2D eigenvalue weighted by Gasteiger charge is -2.12. The zero-order valence-electron chi connectivity index (χ0n) is 17.2. The number of hydrogen-bond acceptors (Lipinski definition) is 9. The highest BCUT2D eigenvalue weighted by Crippen LogP contribution is 2.41. The molecule has 0 unspecified atom stereocenters. The first-order valence-corrected chi connectivity index (χ1v) is 10.3. The van der Waals surface area contributed by atoms with Crippen LogP contribution in [0.15, 0.2) is 40.0 Å². The summed E-state index contributed by atoms with van der Waals surface area (Å²) in [7, 11) is 6.07. The number of carbonyl (C=O) groups excluding carboxylic acids is 1. The zero-order valence-corrected chi connectivity index (χ0v) is 18.8. The molecule has 3 aromatic rings. The summed E-state index contributed by atoms with van der Waals surface area (Å²) in [4.78, 5) is 12.3. The van der Waals surface area contributed by atoms with Gasteiger partial charge >= 0.3 is 0 Å². The lowest BCUT2D eigenvalue weighted by atomic mass is 10.2. The van der Waals surface area contributed by atoms with Gasteiger partial charge in [-0.1, -0.05) is 23.4 Å². The van der Waals surface area contributed by atoms with Gasteiger partial charge in [0.2, 0.25) is 17.5 Å². The van der Waals surface area contributed by atoms with Crippen LogP contribution in [-0.4, -0.2) is 50.3 Å². The molecule has 0 spiro atoms. The highest BCUT2D eigenvalue weighted by Gasteiger charge is 2.18. The predicted octanol–water partition coefficient (Wildman–Crippen LogP) is 4.16. The number of methoxy groups -OCH3 is 4. The van der Waals surface area contributed by atoms with Crippen LogP contribution in [0.4, 0.5) is 5.69 Å². The van der Waals surface area contributed by atoms with Gasteiger partial charge in [0.05, 0.1) is 39.9 Å². The third-order valence-electron chi connectivity index (χ3n) is 4.08.